The Balaban J connectivity index is 2.44. The Bertz CT molecular complexity index is 91.0. The van der Waals surface area contributed by atoms with Crippen LogP contribution in [0.25, 0.3) is 0 Å². The van der Waals surface area contributed by atoms with Gasteiger partial charge in [-0.15, -0.1) is 0 Å². The van der Waals surface area contributed by atoms with E-state index in [4.69, 9.17) is 22.0 Å². The number of aliphatic hydroxyl groups excluding tert-OH is 2. The van der Waals surface area contributed by atoms with Gasteiger partial charge in [0.1, 0.15) is 0 Å². The third-order valence-electron chi connectivity index (χ3n) is 1.63. The highest BCUT2D eigenvalue weighted by Gasteiger charge is 2.30. The molecule has 1 saturated heterocycles. The van der Waals surface area contributed by atoms with Gasteiger partial charge in [0.2, 0.25) is 0 Å². The molecule has 3 nitrogen and oxygen atoms in total. The van der Waals surface area contributed by atoms with E-state index in [0.29, 0.717) is 13.0 Å². The molecule has 0 spiro atoms. The Morgan fingerprint density at radius 1 is 1.67 bits per heavy atom. The summed E-state index contributed by atoms with van der Waals surface area (Å²) in [6.07, 6.45) is 0.210. The van der Waals surface area contributed by atoms with E-state index in [1.54, 1.807) is 0 Å². The fourth-order valence-corrected chi connectivity index (χ4v) is 1.30. The normalized spacial score (nSPS) is 37.7. The second kappa shape index (κ2) is 2.84. The van der Waals surface area contributed by atoms with E-state index in [9.17, 15) is 0 Å². The zero-order valence-electron chi connectivity index (χ0n) is 5.00. The Labute approximate surface area is 59.0 Å². The van der Waals surface area contributed by atoms with Crippen LogP contribution in [0.4, 0.5) is 0 Å². The van der Waals surface area contributed by atoms with Gasteiger partial charge < -0.3 is 10.2 Å². The van der Waals surface area contributed by atoms with Crippen LogP contribution in [-0.2, 0) is 0 Å². The second-order valence-electron chi connectivity index (χ2n) is 2.23. The van der Waals surface area contributed by atoms with Crippen molar-refractivity contribution in [1.29, 1.82) is 0 Å². The molecule has 54 valence electrons. The topological polar surface area (TPSA) is 43.7 Å². The first-order chi connectivity index (χ1) is 4.25. The fourth-order valence-electron chi connectivity index (χ4n) is 1.01. The van der Waals surface area contributed by atoms with Gasteiger partial charge in [0.15, 0.2) is 0 Å². The van der Waals surface area contributed by atoms with Crippen LogP contribution >= 0.6 is 11.8 Å². The van der Waals surface area contributed by atoms with E-state index in [1.807, 2.05) is 0 Å². The molecule has 0 aromatic carbocycles. The molecule has 1 aliphatic heterocycles. The Morgan fingerprint density at radius 2 is 2.33 bits per heavy atom. The van der Waals surface area contributed by atoms with Crippen LogP contribution < -0.4 is 0 Å². The summed E-state index contributed by atoms with van der Waals surface area (Å²) in [6.45, 7) is 0.596. The van der Waals surface area contributed by atoms with Gasteiger partial charge in [0.05, 0.1) is 18.8 Å². The molecule has 2 N–H and O–H groups in total. The zero-order valence-corrected chi connectivity index (χ0v) is 5.75. The lowest BCUT2D eigenvalue weighted by molar-refractivity contribution is 0.0998. The molecule has 0 bridgehead atoms. The highest BCUT2D eigenvalue weighted by Crippen LogP contribution is 2.18. The zero-order chi connectivity index (χ0) is 6.85. The maximum atomic E-state index is 9.07. The van der Waals surface area contributed by atoms with Crippen molar-refractivity contribution in [1.82, 2.24) is 4.42 Å². The molecule has 0 aromatic heterocycles. The van der Waals surface area contributed by atoms with Crippen LogP contribution in [0.3, 0.4) is 0 Å². The first-order valence-electron chi connectivity index (χ1n) is 2.97. The predicted molar refractivity (Wildman–Crippen MR) is 34.1 cm³/mol. The van der Waals surface area contributed by atoms with Crippen LogP contribution in [0.1, 0.15) is 6.42 Å². The molecule has 0 unspecified atom stereocenters. The van der Waals surface area contributed by atoms with Gasteiger partial charge in [-0.1, -0.05) is 0 Å². The number of hydrogen-bond acceptors (Lipinski definition) is 3. The smallest absolute Gasteiger partial charge is 0.0743 e. The van der Waals surface area contributed by atoms with E-state index in [0.717, 1.165) is 0 Å². The molecule has 0 aliphatic carbocycles. The van der Waals surface area contributed by atoms with Crippen molar-refractivity contribution in [3.63, 3.8) is 0 Å². The molecule has 9 heavy (non-hydrogen) atoms. The van der Waals surface area contributed by atoms with Crippen LogP contribution in [0.5, 0.6) is 0 Å². The number of halogens is 1. The quantitative estimate of drug-likeness (QED) is 0.500. The molecule has 0 saturated carbocycles. The van der Waals surface area contributed by atoms with Crippen molar-refractivity contribution in [2.75, 3.05) is 13.2 Å². The second-order valence-corrected chi connectivity index (χ2v) is 2.66. The summed E-state index contributed by atoms with van der Waals surface area (Å²) in [6, 6.07) is -0.258. The Morgan fingerprint density at radius 3 is 2.56 bits per heavy atom. The molecular weight excluding hydrogens is 142 g/mol. The monoisotopic (exact) mass is 151 g/mol. The van der Waals surface area contributed by atoms with Crippen LogP contribution in [0.15, 0.2) is 0 Å². The van der Waals surface area contributed by atoms with E-state index < -0.39 is 6.10 Å². The summed E-state index contributed by atoms with van der Waals surface area (Å²) >= 11 is 5.59. The molecule has 0 radical (unpaired) electrons. The lowest BCUT2D eigenvalue weighted by atomic mass is 10.2. The molecule has 1 rings (SSSR count). The van der Waals surface area contributed by atoms with Crippen LogP contribution in [0.2, 0.25) is 0 Å². The Hall–Kier alpha value is 0.170. The van der Waals surface area contributed by atoms with E-state index >= 15 is 0 Å². The average molecular weight is 152 g/mol. The summed E-state index contributed by atoms with van der Waals surface area (Å²) in [7, 11) is 0. The third kappa shape index (κ3) is 1.35. The van der Waals surface area contributed by atoms with Crippen LogP contribution in [-0.4, -0.2) is 39.9 Å². The van der Waals surface area contributed by atoms with Crippen molar-refractivity contribution < 1.29 is 10.2 Å². The maximum Gasteiger partial charge on any atom is 0.0743 e. The highest BCUT2D eigenvalue weighted by molar-refractivity contribution is 6.13. The van der Waals surface area contributed by atoms with E-state index in [-0.39, 0.29) is 12.6 Å². The van der Waals surface area contributed by atoms with E-state index in [1.165, 1.54) is 4.42 Å². The minimum Gasteiger partial charge on any atom is -0.395 e. The van der Waals surface area contributed by atoms with Gasteiger partial charge in [0.25, 0.3) is 0 Å². The molecule has 0 aromatic rings. The van der Waals surface area contributed by atoms with Crippen molar-refractivity contribution in [2.45, 2.75) is 18.6 Å². The van der Waals surface area contributed by atoms with Gasteiger partial charge in [-0.05, 0) is 18.2 Å². The van der Waals surface area contributed by atoms with Gasteiger partial charge in [-0.3, -0.25) is 0 Å². The molecule has 1 aliphatic rings. The Kier molecular flexibility index (Phi) is 2.29. The van der Waals surface area contributed by atoms with Crippen molar-refractivity contribution in [3.8, 4) is 0 Å². The van der Waals surface area contributed by atoms with E-state index in [2.05, 4.69) is 0 Å². The van der Waals surface area contributed by atoms with Crippen molar-refractivity contribution in [2.24, 2.45) is 0 Å². The molecule has 4 heteroatoms. The molecule has 2 atom stereocenters. The number of nitrogens with zero attached hydrogens (tertiary/aromatic N) is 1. The fraction of sp³-hybridized carbons (Fsp3) is 1.00. The summed E-state index contributed by atoms with van der Waals surface area (Å²) in [5.74, 6) is 0. The summed E-state index contributed by atoms with van der Waals surface area (Å²) in [4.78, 5) is 0. The minimum atomic E-state index is -0.451. The number of aliphatic hydroxyl groups is 2. The standard InChI is InChI=1S/C5H10ClNO2/c6-7-2-1-5(9)4(7)3-8/h4-5,8-9H,1-3H2/t4-,5+/m1/s1. The van der Waals surface area contributed by atoms with Crippen molar-refractivity contribution in [3.05, 3.63) is 0 Å². The lowest BCUT2D eigenvalue weighted by Gasteiger charge is -2.15. The minimum absolute atomic E-state index is 0.0648. The van der Waals surface area contributed by atoms with Gasteiger partial charge in [-0.2, -0.15) is 0 Å². The van der Waals surface area contributed by atoms with Gasteiger partial charge >= 0.3 is 0 Å². The third-order valence-corrected chi connectivity index (χ3v) is 2.05. The molecular formula is C5H10ClNO2. The lowest BCUT2D eigenvalue weighted by Crippen LogP contribution is -2.32. The maximum absolute atomic E-state index is 9.07. The number of hydrogen-bond donors (Lipinski definition) is 2. The summed E-state index contributed by atoms with van der Waals surface area (Å²) in [5, 5.41) is 17.7. The van der Waals surface area contributed by atoms with Gasteiger partial charge in [-0.25, -0.2) is 4.42 Å². The predicted octanol–water partition coefficient (Wildman–Crippen LogP) is -0.432. The summed E-state index contributed by atoms with van der Waals surface area (Å²) < 4.78 is 1.45. The van der Waals surface area contributed by atoms with Crippen molar-refractivity contribution >= 4 is 11.8 Å². The first kappa shape index (κ1) is 7.28. The summed E-state index contributed by atoms with van der Waals surface area (Å²) in [5.41, 5.74) is 0. The van der Waals surface area contributed by atoms with Gasteiger partial charge in [0, 0.05) is 6.54 Å². The first-order valence-corrected chi connectivity index (χ1v) is 3.31. The highest BCUT2D eigenvalue weighted by atomic mass is 35.5. The molecule has 1 fully saturated rings. The molecule has 1 heterocycles. The molecule has 0 amide bonds. The SMILES string of the molecule is OC[C@@H]1[C@@H](O)CCN1Cl. The largest absolute Gasteiger partial charge is 0.395 e. The number of rotatable bonds is 1. The van der Waals surface area contributed by atoms with Crippen LogP contribution in [0, 0.1) is 0 Å². The average Bonchev–Trinajstić information content (AvgIpc) is 2.12.